The predicted molar refractivity (Wildman–Crippen MR) is 74.4 cm³/mol. The van der Waals surface area contributed by atoms with Crippen LogP contribution in [-0.2, 0) is 19.4 Å². The number of rotatable bonds is 3. The summed E-state index contributed by atoms with van der Waals surface area (Å²) >= 11 is 0. The summed E-state index contributed by atoms with van der Waals surface area (Å²) in [5.41, 5.74) is 2.68. The van der Waals surface area contributed by atoms with Gasteiger partial charge >= 0.3 is 0 Å². The van der Waals surface area contributed by atoms with Crippen LogP contribution in [0.25, 0.3) is 11.5 Å². The fraction of sp³-hybridized carbons (Fsp3) is 0.267. The topological polar surface area (TPSA) is 77.0 Å². The van der Waals surface area contributed by atoms with Gasteiger partial charge in [-0.3, -0.25) is 0 Å². The maximum atomic E-state index is 13.8. The van der Waals surface area contributed by atoms with Crippen molar-refractivity contribution in [1.82, 2.24) is 20.6 Å². The standard InChI is InChI=1S/C15H13FN4O2/c16-10-5-9-8-17-3-2-12(9)13(6-10)15-19-14(20-22-15)7-11-1-4-18-21-11/h1,4-6,17H,2-3,7-8H2. The third-order valence-corrected chi connectivity index (χ3v) is 3.70. The van der Waals surface area contributed by atoms with Crippen LogP contribution in [-0.4, -0.2) is 21.8 Å². The van der Waals surface area contributed by atoms with Gasteiger partial charge in [-0.1, -0.05) is 10.3 Å². The van der Waals surface area contributed by atoms with Crippen LogP contribution < -0.4 is 5.32 Å². The molecular formula is C15H13FN4O2. The minimum Gasteiger partial charge on any atom is -0.361 e. The monoisotopic (exact) mass is 300 g/mol. The van der Waals surface area contributed by atoms with Crippen molar-refractivity contribution in [3.63, 3.8) is 0 Å². The molecule has 0 fully saturated rings. The number of hydrogen-bond donors (Lipinski definition) is 1. The van der Waals surface area contributed by atoms with Gasteiger partial charge in [-0.25, -0.2) is 4.39 Å². The van der Waals surface area contributed by atoms with Crippen molar-refractivity contribution in [2.24, 2.45) is 0 Å². The van der Waals surface area contributed by atoms with E-state index in [0.29, 0.717) is 36.0 Å². The Labute approximate surface area is 125 Å². The van der Waals surface area contributed by atoms with Crippen molar-refractivity contribution in [3.8, 4) is 11.5 Å². The number of nitrogens with one attached hydrogen (secondary N) is 1. The molecule has 7 heteroatoms. The van der Waals surface area contributed by atoms with Crippen molar-refractivity contribution >= 4 is 0 Å². The average molecular weight is 300 g/mol. The summed E-state index contributed by atoms with van der Waals surface area (Å²) < 4.78 is 24.1. The lowest BCUT2D eigenvalue weighted by atomic mass is 9.95. The van der Waals surface area contributed by atoms with E-state index in [2.05, 4.69) is 20.6 Å². The summed E-state index contributed by atoms with van der Waals surface area (Å²) in [5, 5.41) is 10.8. The molecule has 1 aliphatic rings. The zero-order valence-corrected chi connectivity index (χ0v) is 11.7. The summed E-state index contributed by atoms with van der Waals surface area (Å²) in [5.74, 6) is 1.18. The van der Waals surface area contributed by atoms with E-state index in [9.17, 15) is 4.39 Å². The number of fused-ring (bicyclic) bond motifs is 1. The molecular weight excluding hydrogens is 287 g/mol. The molecule has 3 heterocycles. The zero-order valence-electron chi connectivity index (χ0n) is 11.7. The summed E-state index contributed by atoms with van der Waals surface area (Å²) in [6.07, 6.45) is 2.76. The molecule has 22 heavy (non-hydrogen) atoms. The van der Waals surface area contributed by atoms with Crippen LogP contribution in [0, 0.1) is 5.82 Å². The van der Waals surface area contributed by atoms with E-state index in [1.54, 1.807) is 18.3 Å². The van der Waals surface area contributed by atoms with E-state index in [0.717, 1.165) is 24.1 Å². The molecule has 1 aliphatic heterocycles. The smallest absolute Gasteiger partial charge is 0.258 e. The molecule has 6 nitrogen and oxygen atoms in total. The molecule has 2 aromatic heterocycles. The third-order valence-electron chi connectivity index (χ3n) is 3.70. The quantitative estimate of drug-likeness (QED) is 0.798. The number of aromatic nitrogens is 3. The van der Waals surface area contributed by atoms with Gasteiger partial charge < -0.3 is 14.4 Å². The molecule has 1 aromatic carbocycles. The lowest BCUT2D eigenvalue weighted by Gasteiger charge is -2.19. The van der Waals surface area contributed by atoms with Gasteiger partial charge in [-0.2, -0.15) is 4.98 Å². The Bertz CT molecular complexity index is 798. The van der Waals surface area contributed by atoms with Crippen molar-refractivity contribution in [3.05, 3.63) is 52.9 Å². The summed E-state index contributed by atoms with van der Waals surface area (Å²) in [6, 6.07) is 4.75. The Morgan fingerprint density at radius 3 is 3.09 bits per heavy atom. The SMILES string of the molecule is Fc1cc2c(c(-c3nc(Cc4ccno4)no3)c1)CCNC2. The first-order chi connectivity index (χ1) is 10.8. The highest BCUT2D eigenvalue weighted by molar-refractivity contribution is 5.61. The Balaban J connectivity index is 1.70. The number of nitrogens with zero attached hydrogens (tertiary/aromatic N) is 3. The van der Waals surface area contributed by atoms with Crippen LogP contribution in [0.4, 0.5) is 4.39 Å². The van der Waals surface area contributed by atoms with Gasteiger partial charge in [0.15, 0.2) is 5.82 Å². The van der Waals surface area contributed by atoms with Crippen LogP contribution in [0.3, 0.4) is 0 Å². The molecule has 112 valence electrons. The maximum Gasteiger partial charge on any atom is 0.258 e. The van der Waals surface area contributed by atoms with E-state index in [-0.39, 0.29) is 5.82 Å². The zero-order chi connectivity index (χ0) is 14.9. The molecule has 0 saturated carbocycles. The maximum absolute atomic E-state index is 13.8. The summed E-state index contributed by atoms with van der Waals surface area (Å²) in [4.78, 5) is 4.35. The Hall–Kier alpha value is -2.54. The fourth-order valence-electron chi connectivity index (χ4n) is 2.70. The predicted octanol–water partition coefficient (Wildman–Crippen LogP) is 2.10. The minimum atomic E-state index is -0.299. The highest BCUT2D eigenvalue weighted by Gasteiger charge is 2.20. The first-order valence-corrected chi connectivity index (χ1v) is 7.04. The second-order valence-electron chi connectivity index (χ2n) is 5.19. The molecule has 1 N–H and O–H groups in total. The Morgan fingerprint density at radius 1 is 1.27 bits per heavy atom. The Morgan fingerprint density at radius 2 is 2.23 bits per heavy atom. The molecule has 0 amide bonds. The van der Waals surface area contributed by atoms with Gasteiger partial charge in [-0.05, 0) is 36.2 Å². The molecule has 3 aromatic rings. The molecule has 0 unspecified atom stereocenters. The highest BCUT2D eigenvalue weighted by Crippen LogP contribution is 2.29. The fourth-order valence-corrected chi connectivity index (χ4v) is 2.70. The van der Waals surface area contributed by atoms with Gasteiger partial charge in [0.05, 0.1) is 12.6 Å². The molecule has 0 atom stereocenters. The van der Waals surface area contributed by atoms with Crippen molar-refractivity contribution in [2.45, 2.75) is 19.4 Å². The first kappa shape index (κ1) is 13.1. The molecule has 0 aliphatic carbocycles. The van der Waals surface area contributed by atoms with Gasteiger partial charge in [0.2, 0.25) is 0 Å². The van der Waals surface area contributed by atoms with Crippen LogP contribution in [0.2, 0.25) is 0 Å². The van der Waals surface area contributed by atoms with Gasteiger partial charge in [0.1, 0.15) is 11.6 Å². The van der Waals surface area contributed by atoms with E-state index in [1.165, 1.54) is 6.07 Å². The van der Waals surface area contributed by atoms with Crippen LogP contribution in [0.15, 0.2) is 33.4 Å². The lowest BCUT2D eigenvalue weighted by molar-refractivity contribution is 0.382. The second-order valence-corrected chi connectivity index (χ2v) is 5.19. The first-order valence-electron chi connectivity index (χ1n) is 7.04. The average Bonchev–Trinajstić information content (AvgIpc) is 3.19. The minimum absolute atomic E-state index is 0.299. The van der Waals surface area contributed by atoms with Gasteiger partial charge in [0, 0.05) is 18.2 Å². The summed E-state index contributed by atoms with van der Waals surface area (Å²) in [6.45, 7) is 1.50. The highest BCUT2D eigenvalue weighted by atomic mass is 19.1. The van der Waals surface area contributed by atoms with Crippen LogP contribution in [0.1, 0.15) is 22.7 Å². The van der Waals surface area contributed by atoms with Crippen molar-refractivity contribution in [1.29, 1.82) is 0 Å². The summed E-state index contributed by atoms with van der Waals surface area (Å²) in [7, 11) is 0. The molecule has 0 radical (unpaired) electrons. The van der Waals surface area contributed by atoms with Crippen LogP contribution >= 0.6 is 0 Å². The lowest BCUT2D eigenvalue weighted by Crippen LogP contribution is -2.24. The van der Waals surface area contributed by atoms with Crippen molar-refractivity contribution in [2.75, 3.05) is 6.54 Å². The van der Waals surface area contributed by atoms with E-state index in [1.807, 2.05) is 0 Å². The van der Waals surface area contributed by atoms with E-state index < -0.39 is 0 Å². The molecule has 0 spiro atoms. The van der Waals surface area contributed by atoms with Crippen LogP contribution in [0.5, 0.6) is 0 Å². The number of hydrogen-bond acceptors (Lipinski definition) is 6. The van der Waals surface area contributed by atoms with Gasteiger partial charge in [0.25, 0.3) is 5.89 Å². The number of halogens is 1. The molecule has 0 bridgehead atoms. The van der Waals surface area contributed by atoms with E-state index >= 15 is 0 Å². The largest absolute Gasteiger partial charge is 0.361 e. The molecule has 0 saturated heterocycles. The normalized spacial score (nSPS) is 14.0. The third kappa shape index (κ3) is 2.39. The second kappa shape index (κ2) is 5.34. The number of benzene rings is 1. The Kier molecular flexibility index (Phi) is 3.19. The van der Waals surface area contributed by atoms with E-state index in [4.69, 9.17) is 9.05 Å². The van der Waals surface area contributed by atoms with Gasteiger partial charge in [-0.15, -0.1) is 0 Å². The van der Waals surface area contributed by atoms with Crippen molar-refractivity contribution < 1.29 is 13.4 Å². The molecule has 4 rings (SSSR count).